The Bertz CT molecular complexity index is 538. The predicted molar refractivity (Wildman–Crippen MR) is 99.9 cm³/mol. The van der Waals surface area contributed by atoms with Crippen LogP contribution in [-0.4, -0.2) is 30.6 Å². The highest BCUT2D eigenvalue weighted by molar-refractivity contribution is 14.0. The van der Waals surface area contributed by atoms with Crippen molar-refractivity contribution in [3.05, 3.63) is 52.5 Å². The Labute approximate surface area is 152 Å². The maximum absolute atomic E-state index is 12.9. The van der Waals surface area contributed by atoms with E-state index in [0.29, 0.717) is 0 Å². The van der Waals surface area contributed by atoms with Crippen LogP contribution in [0.2, 0.25) is 0 Å². The number of ether oxygens (including phenoxy) is 1. The molecule has 0 spiro atoms. The fraction of sp³-hybridized carbons (Fsp3) is 0.412. The van der Waals surface area contributed by atoms with Crippen LogP contribution in [0.4, 0.5) is 4.39 Å². The molecule has 1 aromatic carbocycles. The number of hydrogen-bond donors (Lipinski definition) is 0. The van der Waals surface area contributed by atoms with E-state index in [-0.39, 0.29) is 35.9 Å². The van der Waals surface area contributed by atoms with Gasteiger partial charge in [0, 0.05) is 24.5 Å². The summed E-state index contributed by atoms with van der Waals surface area (Å²) in [5.74, 6) is 0.555. The second-order valence-corrected chi connectivity index (χ2v) is 6.47. The lowest BCUT2D eigenvalue weighted by atomic mass is 10.1. The molecule has 2 heterocycles. The maximum atomic E-state index is 12.9. The van der Waals surface area contributed by atoms with Crippen LogP contribution >= 0.6 is 35.3 Å². The number of benzene rings is 1. The minimum absolute atomic E-state index is 0. The molecule has 22 heavy (non-hydrogen) atoms. The second kappa shape index (κ2) is 8.84. The van der Waals surface area contributed by atoms with Gasteiger partial charge in [-0.05, 0) is 55.0 Å². The Morgan fingerprint density at radius 3 is 2.50 bits per heavy atom. The topological polar surface area (TPSA) is 12.5 Å². The minimum Gasteiger partial charge on any atom is -0.490 e. The van der Waals surface area contributed by atoms with E-state index in [1.165, 1.54) is 17.0 Å². The van der Waals surface area contributed by atoms with Crippen LogP contribution in [-0.2, 0) is 6.42 Å². The first-order valence-corrected chi connectivity index (χ1v) is 8.34. The Morgan fingerprint density at radius 2 is 1.86 bits per heavy atom. The van der Waals surface area contributed by atoms with E-state index in [4.69, 9.17) is 4.74 Å². The molecule has 1 aromatic heterocycles. The van der Waals surface area contributed by atoms with Gasteiger partial charge in [-0.2, -0.15) is 0 Å². The van der Waals surface area contributed by atoms with Crippen LogP contribution in [0, 0.1) is 5.82 Å². The Kier molecular flexibility index (Phi) is 7.11. The van der Waals surface area contributed by atoms with Gasteiger partial charge < -0.3 is 9.64 Å². The van der Waals surface area contributed by atoms with E-state index in [1.54, 1.807) is 12.1 Å². The van der Waals surface area contributed by atoms with Gasteiger partial charge in [-0.15, -0.1) is 35.3 Å². The third-order valence-electron chi connectivity index (χ3n) is 3.91. The fourth-order valence-electron chi connectivity index (χ4n) is 2.68. The molecule has 120 valence electrons. The van der Waals surface area contributed by atoms with Gasteiger partial charge in [-0.1, -0.05) is 6.07 Å². The number of rotatable bonds is 5. The average molecular weight is 433 g/mol. The van der Waals surface area contributed by atoms with E-state index in [0.717, 1.165) is 44.6 Å². The Morgan fingerprint density at radius 1 is 1.14 bits per heavy atom. The summed E-state index contributed by atoms with van der Waals surface area (Å²) in [6, 6.07) is 10.6. The highest BCUT2D eigenvalue weighted by Gasteiger charge is 2.20. The van der Waals surface area contributed by atoms with Gasteiger partial charge in [-0.3, -0.25) is 0 Å². The molecule has 1 fully saturated rings. The van der Waals surface area contributed by atoms with E-state index >= 15 is 0 Å². The van der Waals surface area contributed by atoms with Gasteiger partial charge in [-0.25, -0.2) is 4.39 Å². The van der Waals surface area contributed by atoms with Crippen molar-refractivity contribution < 1.29 is 9.13 Å². The predicted octanol–water partition coefficient (Wildman–Crippen LogP) is 4.59. The standard InChI is InChI=1S/C17H20FNOS.HI/c18-14-3-5-15(6-4-14)20-16-7-10-19(11-8-16)12-9-17-2-1-13-21-17;/h1-6,13,16H,7-12H2;1H. The van der Waals surface area contributed by atoms with E-state index in [1.807, 2.05) is 11.3 Å². The third-order valence-corrected chi connectivity index (χ3v) is 4.84. The monoisotopic (exact) mass is 433 g/mol. The van der Waals surface area contributed by atoms with Gasteiger partial charge in [0.1, 0.15) is 17.7 Å². The summed E-state index contributed by atoms with van der Waals surface area (Å²) in [6.07, 6.45) is 3.48. The van der Waals surface area contributed by atoms with Crippen LogP contribution < -0.4 is 4.74 Å². The summed E-state index contributed by atoms with van der Waals surface area (Å²) in [6.45, 7) is 3.29. The van der Waals surface area contributed by atoms with Gasteiger partial charge in [0.25, 0.3) is 0 Å². The molecule has 0 radical (unpaired) electrons. The lowest BCUT2D eigenvalue weighted by Crippen LogP contribution is -2.39. The lowest BCUT2D eigenvalue weighted by molar-refractivity contribution is 0.101. The first-order chi connectivity index (χ1) is 10.3. The van der Waals surface area contributed by atoms with E-state index in [9.17, 15) is 4.39 Å². The van der Waals surface area contributed by atoms with Crippen molar-refractivity contribution in [1.82, 2.24) is 4.90 Å². The molecule has 0 atom stereocenters. The highest BCUT2D eigenvalue weighted by atomic mass is 127. The molecule has 0 aliphatic carbocycles. The summed E-state index contributed by atoms with van der Waals surface area (Å²) in [5, 5.41) is 2.14. The smallest absolute Gasteiger partial charge is 0.123 e. The molecule has 0 unspecified atom stereocenters. The summed E-state index contributed by atoms with van der Waals surface area (Å²) in [7, 11) is 0. The van der Waals surface area contributed by atoms with Crippen LogP contribution in [0.5, 0.6) is 5.75 Å². The normalized spacial score (nSPS) is 16.2. The molecule has 0 saturated carbocycles. The molecule has 1 saturated heterocycles. The van der Waals surface area contributed by atoms with Crippen molar-refractivity contribution in [2.24, 2.45) is 0 Å². The Balaban J connectivity index is 0.00000176. The van der Waals surface area contributed by atoms with Crippen LogP contribution in [0.25, 0.3) is 0 Å². The molecule has 2 nitrogen and oxygen atoms in total. The zero-order chi connectivity index (χ0) is 14.5. The number of hydrogen-bond acceptors (Lipinski definition) is 3. The number of nitrogens with zero attached hydrogens (tertiary/aromatic N) is 1. The summed E-state index contributed by atoms with van der Waals surface area (Å²) >= 11 is 1.83. The summed E-state index contributed by atoms with van der Waals surface area (Å²) < 4.78 is 18.8. The first kappa shape index (κ1) is 17.7. The number of likely N-dealkylation sites (tertiary alicyclic amines) is 1. The van der Waals surface area contributed by atoms with Crippen LogP contribution in [0.3, 0.4) is 0 Å². The second-order valence-electron chi connectivity index (χ2n) is 5.44. The van der Waals surface area contributed by atoms with Gasteiger partial charge in [0.05, 0.1) is 0 Å². The number of thiophene rings is 1. The highest BCUT2D eigenvalue weighted by Crippen LogP contribution is 2.20. The molecule has 1 aliphatic heterocycles. The minimum atomic E-state index is -0.217. The SMILES string of the molecule is Fc1ccc(OC2CCN(CCc3cccs3)CC2)cc1.I. The van der Waals surface area contributed by atoms with Gasteiger partial charge >= 0.3 is 0 Å². The molecule has 0 N–H and O–H groups in total. The van der Waals surface area contributed by atoms with Crippen molar-refractivity contribution >= 4 is 35.3 Å². The number of piperidine rings is 1. The molecule has 2 aromatic rings. The molecule has 3 rings (SSSR count). The lowest BCUT2D eigenvalue weighted by Gasteiger charge is -2.32. The largest absolute Gasteiger partial charge is 0.490 e. The summed E-state index contributed by atoms with van der Waals surface area (Å²) in [4.78, 5) is 3.96. The van der Waals surface area contributed by atoms with Gasteiger partial charge in [0.15, 0.2) is 0 Å². The van der Waals surface area contributed by atoms with Crippen molar-refractivity contribution in [1.29, 1.82) is 0 Å². The molecular weight excluding hydrogens is 412 g/mol. The van der Waals surface area contributed by atoms with E-state index < -0.39 is 0 Å². The molecular formula is C17H21FINOS. The Hall–Kier alpha value is -0.660. The average Bonchev–Trinajstić information content (AvgIpc) is 3.02. The maximum Gasteiger partial charge on any atom is 0.123 e. The fourth-order valence-corrected chi connectivity index (χ4v) is 3.38. The molecule has 5 heteroatoms. The third kappa shape index (κ3) is 5.21. The van der Waals surface area contributed by atoms with Crippen LogP contribution in [0.1, 0.15) is 17.7 Å². The number of halogens is 2. The van der Waals surface area contributed by atoms with Crippen molar-refractivity contribution in [2.45, 2.75) is 25.4 Å². The molecule has 1 aliphatic rings. The van der Waals surface area contributed by atoms with Crippen molar-refractivity contribution in [3.8, 4) is 5.75 Å². The zero-order valence-corrected chi connectivity index (χ0v) is 15.6. The van der Waals surface area contributed by atoms with Gasteiger partial charge in [0.2, 0.25) is 0 Å². The summed E-state index contributed by atoms with van der Waals surface area (Å²) in [5.41, 5.74) is 0. The zero-order valence-electron chi connectivity index (χ0n) is 12.4. The van der Waals surface area contributed by atoms with Crippen molar-refractivity contribution in [3.63, 3.8) is 0 Å². The molecule has 0 bridgehead atoms. The first-order valence-electron chi connectivity index (χ1n) is 7.46. The van der Waals surface area contributed by atoms with Crippen molar-refractivity contribution in [2.75, 3.05) is 19.6 Å². The molecule has 0 amide bonds. The quantitative estimate of drug-likeness (QED) is 0.640. The van der Waals surface area contributed by atoms with E-state index in [2.05, 4.69) is 22.4 Å². The van der Waals surface area contributed by atoms with Crippen LogP contribution in [0.15, 0.2) is 41.8 Å².